The summed E-state index contributed by atoms with van der Waals surface area (Å²) in [6.45, 7) is 4.85. The van der Waals surface area contributed by atoms with Crippen molar-refractivity contribution in [3.05, 3.63) is 65.7 Å². The van der Waals surface area contributed by atoms with Crippen LogP contribution in [0, 0.1) is 11.8 Å². The topological polar surface area (TPSA) is 61.4 Å². The van der Waals surface area contributed by atoms with E-state index in [1.54, 1.807) is 12.1 Å². The molecule has 2 aliphatic rings. The van der Waals surface area contributed by atoms with Crippen LogP contribution in [0.25, 0.3) is 0 Å². The summed E-state index contributed by atoms with van der Waals surface area (Å²) in [5.74, 6) is 1.76. The van der Waals surface area contributed by atoms with E-state index in [0.29, 0.717) is 17.7 Å². The summed E-state index contributed by atoms with van der Waals surface area (Å²) in [5.41, 5.74) is 2.03. The van der Waals surface area contributed by atoms with Crippen molar-refractivity contribution < 1.29 is 9.59 Å². The second kappa shape index (κ2) is 12.1. The minimum atomic E-state index is -0.00732. The van der Waals surface area contributed by atoms with Gasteiger partial charge in [0.1, 0.15) is 0 Å². The predicted octanol–water partition coefficient (Wildman–Crippen LogP) is 4.74. The summed E-state index contributed by atoms with van der Waals surface area (Å²) in [6, 6.07) is 16.4. The first kappa shape index (κ1) is 23.7. The number of hydrogen-bond donors (Lipinski definition) is 2. The van der Waals surface area contributed by atoms with Gasteiger partial charge < -0.3 is 10.6 Å². The lowest BCUT2D eigenvalue weighted by Gasteiger charge is -2.32. The van der Waals surface area contributed by atoms with Gasteiger partial charge in [-0.1, -0.05) is 49.6 Å². The predicted molar refractivity (Wildman–Crippen MR) is 134 cm³/mol. The number of hydrogen-bond acceptors (Lipinski definition) is 4. The van der Waals surface area contributed by atoms with Gasteiger partial charge in [-0.05, 0) is 88.0 Å². The first-order valence-electron chi connectivity index (χ1n) is 12.6. The van der Waals surface area contributed by atoms with Gasteiger partial charge in [-0.3, -0.25) is 14.5 Å². The van der Waals surface area contributed by atoms with Gasteiger partial charge in [0, 0.05) is 16.8 Å². The van der Waals surface area contributed by atoms with Crippen LogP contribution in [-0.2, 0) is 4.79 Å². The van der Waals surface area contributed by atoms with Crippen LogP contribution in [0.1, 0.15) is 60.9 Å². The molecule has 0 spiro atoms. The Morgan fingerprint density at radius 3 is 2.09 bits per heavy atom. The van der Waals surface area contributed by atoms with E-state index in [1.807, 2.05) is 42.5 Å². The van der Waals surface area contributed by atoms with Gasteiger partial charge in [-0.2, -0.15) is 0 Å². The van der Waals surface area contributed by atoms with E-state index < -0.39 is 0 Å². The molecule has 0 atom stereocenters. The van der Waals surface area contributed by atoms with E-state index in [4.69, 9.17) is 0 Å². The van der Waals surface area contributed by atoms with Crippen molar-refractivity contribution in [1.82, 2.24) is 10.2 Å². The maximum atomic E-state index is 12.5. The minimum Gasteiger partial charge on any atom is -0.325 e. The molecule has 2 heterocycles. The van der Waals surface area contributed by atoms with Crippen molar-refractivity contribution in [2.45, 2.75) is 44.9 Å². The van der Waals surface area contributed by atoms with Crippen LogP contribution in [0.5, 0.6) is 0 Å². The zero-order chi connectivity index (χ0) is 22.9. The maximum Gasteiger partial charge on any atom is 0.238 e. The average molecular weight is 448 g/mol. The van der Waals surface area contributed by atoms with Gasteiger partial charge in [-0.15, -0.1) is 0 Å². The maximum absolute atomic E-state index is 12.5. The largest absolute Gasteiger partial charge is 0.325 e. The third kappa shape index (κ3) is 7.24. The van der Waals surface area contributed by atoms with Crippen LogP contribution in [0.15, 0.2) is 54.6 Å². The molecule has 0 aromatic heterocycles. The molecule has 0 unspecified atom stereocenters. The van der Waals surface area contributed by atoms with Gasteiger partial charge in [0.2, 0.25) is 5.91 Å². The average Bonchev–Trinajstić information content (AvgIpc) is 2.86. The third-order valence-corrected chi connectivity index (χ3v) is 7.22. The van der Waals surface area contributed by atoms with Crippen molar-refractivity contribution in [2.24, 2.45) is 11.8 Å². The summed E-state index contributed by atoms with van der Waals surface area (Å²) < 4.78 is 0. The highest BCUT2D eigenvalue weighted by Gasteiger charge is 2.21. The number of nitrogens with zero attached hydrogens (tertiary/aromatic N) is 1. The molecule has 0 aliphatic carbocycles. The molecule has 2 aromatic carbocycles. The van der Waals surface area contributed by atoms with E-state index in [2.05, 4.69) is 15.5 Å². The zero-order valence-corrected chi connectivity index (χ0v) is 19.6. The molecule has 0 saturated carbocycles. The Balaban J connectivity index is 1.15. The molecule has 5 nitrogen and oxygen atoms in total. The Morgan fingerprint density at radius 1 is 0.818 bits per heavy atom. The fraction of sp³-hybridized carbons (Fsp3) is 0.500. The molecule has 33 heavy (non-hydrogen) atoms. The van der Waals surface area contributed by atoms with Gasteiger partial charge in [0.05, 0.1) is 6.54 Å². The van der Waals surface area contributed by atoms with E-state index in [1.165, 1.54) is 58.0 Å². The van der Waals surface area contributed by atoms with Crippen LogP contribution in [0.2, 0.25) is 0 Å². The Bertz CT molecular complexity index is 883. The minimum absolute atomic E-state index is 0.00732. The number of benzene rings is 2. The Labute approximate surface area is 197 Å². The van der Waals surface area contributed by atoms with Crippen molar-refractivity contribution in [3.8, 4) is 0 Å². The molecule has 4 rings (SSSR count). The lowest BCUT2D eigenvalue weighted by Crippen LogP contribution is -2.39. The lowest BCUT2D eigenvalue weighted by molar-refractivity contribution is -0.117. The van der Waals surface area contributed by atoms with Gasteiger partial charge in [0.15, 0.2) is 5.78 Å². The Morgan fingerprint density at radius 2 is 1.42 bits per heavy atom. The van der Waals surface area contributed by atoms with Crippen molar-refractivity contribution in [2.75, 3.05) is 38.0 Å². The summed E-state index contributed by atoms with van der Waals surface area (Å²) in [7, 11) is 0. The normalized spacial score (nSPS) is 18.2. The molecular formula is C28H37N3O2. The van der Waals surface area contributed by atoms with Crippen molar-refractivity contribution in [3.63, 3.8) is 0 Å². The number of piperidine rings is 2. The number of rotatable bonds is 9. The second-order valence-electron chi connectivity index (χ2n) is 9.66. The molecule has 0 radical (unpaired) electrons. The van der Waals surface area contributed by atoms with Crippen LogP contribution in [-0.4, -0.2) is 49.3 Å². The van der Waals surface area contributed by atoms with Gasteiger partial charge in [0.25, 0.3) is 0 Å². The van der Waals surface area contributed by atoms with Crippen LogP contribution < -0.4 is 10.6 Å². The van der Waals surface area contributed by atoms with Crippen molar-refractivity contribution in [1.29, 1.82) is 0 Å². The first-order valence-corrected chi connectivity index (χ1v) is 12.6. The number of likely N-dealkylation sites (tertiary alicyclic amines) is 1. The number of carbonyl (C=O) groups is 2. The molecular weight excluding hydrogens is 410 g/mol. The quantitative estimate of drug-likeness (QED) is 0.545. The highest BCUT2D eigenvalue weighted by atomic mass is 16.2. The SMILES string of the molecule is O=C(CN1CCC(CCCC2CCNCC2)CC1)Nc1ccc(C(=O)c2ccccc2)cc1. The first-order chi connectivity index (χ1) is 16.2. The summed E-state index contributed by atoms with van der Waals surface area (Å²) in [4.78, 5) is 27.3. The molecule has 5 heteroatoms. The van der Waals surface area contributed by atoms with Gasteiger partial charge in [-0.25, -0.2) is 0 Å². The smallest absolute Gasteiger partial charge is 0.238 e. The van der Waals surface area contributed by atoms with E-state index in [0.717, 1.165) is 30.6 Å². The van der Waals surface area contributed by atoms with Crippen LogP contribution in [0.3, 0.4) is 0 Å². The second-order valence-corrected chi connectivity index (χ2v) is 9.66. The molecule has 2 fully saturated rings. The number of ketones is 1. The Hall–Kier alpha value is -2.50. The molecule has 1 amide bonds. The van der Waals surface area contributed by atoms with E-state index in [-0.39, 0.29) is 11.7 Å². The molecule has 2 N–H and O–H groups in total. The highest BCUT2D eigenvalue weighted by molar-refractivity contribution is 6.09. The fourth-order valence-corrected chi connectivity index (χ4v) is 5.16. The van der Waals surface area contributed by atoms with Crippen molar-refractivity contribution >= 4 is 17.4 Å². The van der Waals surface area contributed by atoms with Crippen LogP contribution >= 0.6 is 0 Å². The number of anilines is 1. The number of carbonyl (C=O) groups excluding carboxylic acids is 2. The van der Waals surface area contributed by atoms with Gasteiger partial charge >= 0.3 is 0 Å². The molecule has 2 aliphatic heterocycles. The summed E-state index contributed by atoms with van der Waals surface area (Å²) in [5, 5.41) is 6.43. The lowest BCUT2D eigenvalue weighted by atomic mass is 9.87. The molecule has 0 bridgehead atoms. The standard InChI is InChI=1S/C28H37N3O2/c32-27(30-26-11-9-25(10-12-26)28(33)24-7-2-1-3-8-24)21-31-19-15-23(16-20-31)6-4-5-22-13-17-29-18-14-22/h1-3,7-12,22-23,29H,4-6,13-21H2,(H,30,32). The zero-order valence-electron chi connectivity index (χ0n) is 19.6. The van der Waals surface area contributed by atoms with E-state index in [9.17, 15) is 9.59 Å². The molecule has 2 aromatic rings. The highest BCUT2D eigenvalue weighted by Crippen LogP contribution is 2.26. The molecule has 176 valence electrons. The van der Waals surface area contributed by atoms with E-state index >= 15 is 0 Å². The fourth-order valence-electron chi connectivity index (χ4n) is 5.16. The van der Waals surface area contributed by atoms with Crippen LogP contribution in [0.4, 0.5) is 5.69 Å². The monoisotopic (exact) mass is 447 g/mol. The molecule has 2 saturated heterocycles. The number of nitrogens with one attached hydrogen (secondary N) is 2. The third-order valence-electron chi connectivity index (χ3n) is 7.22. The number of amides is 1. The summed E-state index contributed by atoms with van der Waals surface area (Å²) >= 11 is 0. The Kier molecular flexibility index (Phi) is 8.67. The summed E-state index contributed by atoms with van der Waals surface area (Å²) in [6.07, 6.45) is 9.20.